The number of ketones is 1. The number of carbonyl (C=O) groups is 2. The maximum Gasteiger partial charge on any atom is 0.407 e. The summed E-state index contributed by atoms with van der Waals surface area (Å²) in [6.07, 6.45) is 1.25. The largest absolute Gasteiger partial charge is 0.465 e. The second-order valence-electron chi connectivity index (χ2n) is 5.01. The van der Waals surface area contributed by atoms with Gasteiger partial charge in [-0.2, -0.15) is 0 Å². The van der Waals surface area contributed by atoms with E-state index in [-0.39, 0.29) is 10.9 Å². The van der Waals surface area contributed by atoms with Gasteiger partial charge in [0.05, 0.1) is 6.04 Å². The summed E-state index contributed by atoms with van der Waals surface area (Å²) in [6.45, 7) is 0.303. The highest BCUT2D eigenvalue weighted by molar-refractivity contribution is 6.11. The van der Waals surface area contributed by atoms with E-state index < -0.39 is 29.6 Å². The number of aromatic amines is 1. The summed E-state index contributed by atoms with van der Waals surface area (Å²) in [5.41, 5.74) is 0.485. The van der Waals surface area contributed by atoms with Crippen molar-refractivity contribution in [2.75, 3.05) is 6.54 Å². The third-order valence-electron chi connectivity index (χ3n) is 3.79. The minimum Gasteiger partial charge on any atom is -0.465 e. The summed E-state index contributed by atoms with van der Waals surface area (Å²) in [5, 5.41) is 9.34. The fourth-order valence-corrected chi connectivity index (χ4v) is 2.77. The van der Waals surface area contributed by atoms with Crippen molar-refractivity contribution in [2.24, 2.45) is 0 Å². The van der Waals surface area contributed by atoms with Crippen molar-refractivity contribution in [1.29, 1.82) is 0 Å². The molecule has 0 aliphatic carbocycles. The highest BCUT2D eigenvalue weighted by Crippen LogP contribution is 2.27. The van der Waals surface area contributed by atoms with Crippen molar-refractivity contribution in [3.8, 4) is 0 Å². The molecule has 1 saturated heterocycles. The van der Waals surface area contributed by atoms with Crippen LogP contribution in [-0.2, 0) is 0 Å². The van der Waals surface area contributed by atoms with Crippen LogP contribution in [0.15, 0.2) is 18.3 Å². The molecule has 110 valence electrons. The van der Waals surface area contributed by atoms with Crippen LogP contribution in [0, 0.1) is 11.6 Å². The second-order valence-corrected chi connectivity index (χ2v) is 5.01. The Hall–Kier alpha value is -2.44. The van der Waals surface area contributed by atoms with E-state index in [0.29, 0.717) is 24.9 Å². The average Bonchev–Trinajstić information content (AvgIpc) is 3.05. The van der Waals surface area contributed by atoms with Gasteiger partial charge in [0, 0.05) is 35.3 Å². The van der Waals surface area contributed by atoms with Gasteiger partial charge >= 0.3 is 6.09 Å². The van der Waals surface area contributed by atoms with Crippen LogP contribution in [0.1, 0.15) is 23.2 Å². The Bertz CT molecular complexity index is 741. The normalized spacial score (nSPS) is 18.4. The SMILES string of the molecule is O=C(c1c[nH]c2cc(F)c(F)cc12)C1CCCN1C(=O)O. The van der Waals surface area contributed by atoms with Crippen LogP contribution in [0.25, 0.3) is 10.9 Å². The molecule has 1 fully saturated rings. The van der Waals surface area contributed by atoms with Crippen LogP contribution in [0.3, 0.4) is 0 Å². The topological polar surface area (TPSA) is 73.4 Å². The molecule has 0 bridgehead atoms. The number of amides is 1. The number of carboxylic acid groups (broad SMARTS) is 1. The number of carbonyl (C=O) groups excluding carboxylic acids is 1. The summed E-state index contributed by atoms with van der Waals surface area (Å²) in [5.74, 6) is -2.44. The zero-order valence-electron chi connectivity index (χ0n) is 10.9. The van der Waals surface area contributed by atoms with E-state index in [1.54, 1.807) is 0 Å². The Morgan fingerprint density at radius 2 is 2.00 bits per heavy atom. The van der Waals surface area contributed by atoms with Crippen molar-refractivity contribution in [2.45, 2.75) is 18.9 Å². The predicted molar refractivity (Wildman–Crippen MR) is 70.3 cm³/mol. The standard InChI is InChI=1S/C14H12F2N2O3/c15-9-4-7-8(6-17-11(7)5-10(9)16)13(19)12-2-1-3-18(12)14(20)21/h4-6,12,17H,1-3H2,(H,20,21). The van der Waals surface area contributed by atoms with Crippen molar-refractivity contribution >= 4 is 22.8 Å². The first-order chi connectivity index (χ1) is 9.99. The number of aromatic nitrogens is 1. The van der Waals surface area contributed by atoms with E-state index in [1.165, 1.54) is 6.20 Å². The highest BCUT2D eigenvalue weighted by atomic mass is 19.2. The van der Waals surface area contributed by atoms with Crippen molar-refractivity contribution in [1.82, 2.24) is 9.88 Å². The molecule has 1 unspecified atom stereocenters. The average molecular weight is 294 g/mol. The van der Waals surface area contributed by atoms with Crippen LogP contribution in [-0.4, -0.2) is 39.5 Å². The molecule has 7 heteroatoms. The number of nitrogens with one attached hydrogen (secondary N) is 1. The molecule has 1 aromatic heterocycles. The lowest BCUT2D eigenvalue weighted by atomic mass is 10.0. The molecule has 1 aliphatic heterocycles. The zero-order valence-corrected chi connectivity index (χ0v) is 10.9. The predicted octanol–water partition coefficient (Wildman–Crippen LogP) is 2.77. The van der Waals surface area contributed by atoms with Gasteiger partial charge < -0.3 is 10.1 Å². The number of H-pyrrole nitrogens is 1. The van der Waals surface area contributed by atoms with Gasteiger partial charge in [-0.1, -0.05) is 0 Å². The van der Waals surface area contributed by atoms with Gasteiger partial charge in [-0.15, -0.1) is 0 Å². The van der Waals surface area contributed by atoms with Crippen molar-refractivity contribution in [3.05, 3.63) is 35.5 Å². The third-order valence-corrected chi connectivity index (χ3v) is 3.79. The molecule has 0 saturated carbocycles. The summed E-state index contributed by atoms with van der Waals surface area (Å²) < 4.78 is 26.5. The number of hydrogen-bond acceptors (Lipinski definition) is 2. The molecular weight excluding hydrogens is 282 g/mol. The van der Waals surface area contributed by atoms with Crippen LogP contribution in [0.5, 0.6) is 0 Å². The number of benzene rings is 1. The Morgan fingerprint density at radius 1 is 1.29 bits per heavy atom. The van der Waals surface area contributed by atoms with Crippen molar-refractivity contribution in [3.63, 3.8) is 0 Å². The van der Waals surface area contributed by atoms with E-state index in [1.807, 2.05) is 0 Å². The number of nitrogens with zero attached hydrogens (tertiary/aromatic N) is 1. The molecule has 21 heavy (non-hydrogen) atoms. The molecule has 1 atom stereocenters. The number of Topliss-reactive ketones (excluding diaryl/α,β-unsaturated/α-hetero) is 1. The molecule has 5 nitrogen and oxygen atoms in total. The third kappa shape index (κ3) is 2.14. The van der Waals surface area contributed by atoms with E-state index in [4.69, 9.17) is 5.11 Å². The summed E-state index contributed by atoms with van der Waals surface area (Å²) >= 11 is 0. The Kier molecular flexibility index (Phi) is 3.12. The molecule has 1 aliphatic rings. The summed E-state index contributed by atoms with van der Waals surface area (Å²) in [4.78, 5) is 27.4. The monoisotopic (exact) mass is 294 g/mol. The van der Waals surface area contributed by atoms with Crippen LogP contribution in [0.2, 0.25) is 0 Å². The second kappa shape index (κ2) is 4.83. The van der Waals surface area contributed by atoms with Gasteiger partial charge in [0.15, 0.2) is 17.4 Å². The first kappa shape index (κ1) is 13.5. The smallest absolute Gasteiger partial charge is 0.407 e. The Morgan fingerprint density at radius 3 is 2.71 bits per heavy atom. The van der Waals surface area contributed by atoms with Gasteiger partial charge in [0.2, 0.25) is 0 Å². The van der Waals surface area contributed by atoms with E-state index in [9.17, 15) is 18.4 Å². The molecular formula is C14H12F2N2O3. The summed E-state index contributed by atoms with van der Waals surface area (Å²) in [7, 11) is 0. The minimum absolute atomic E-state index is 0.182. The molecule has 1 aromatic carbocycles. The first-order valence-corrected chi connectivity index (χ1v) is 6.49. The number of halogens is 2. The molecule has 2 N–H and O–H groups in total. The fraction of sp³-hybridized carbons (Fsp3) is 0.286. The van der Waals surface area contributed by atoms with E-state index >= 15 is 0 Å². The number of rotatable bonds is 2. The van der Waals surface area contributed by atoms with Crippen LogP contribution in [0.4, 0.5) is 13.6 Å². The Labute approximate surface area is 118 Å². The molecule has 0 spiro atoms. The maximum absolute atomic E-state index is 13.3. The molecule has 3 rings (SSSR count). The first-order valence-electron chi connectivity index (χ1n) is 6.49. The van der Waals surface area contributed by atoms with Gasteiger partial charge in [0.1, 0.15) is 0 Å². The lowest BCUT2D eigenvalue weighted by Crippen LogP contribution is -2.39. The van der Waals surface area contributed by atoms with Gasteiger partial charge in [-0.05, 0) is 18.9 Å². The van der Waals surface area contributed by atoms with Gasteiger partial charge in [0.25, 0.3) is 0 Å². The quantitative estimate of drug-likeness (QED) is 0.836. The molecule has 1 amide bonds. The maximum atomic E-state index is 13.3. The number of likely N-dealkylation sites (tertiary alicyclic amines) is 1. The van der Waals surface area contributed by atoms with Crippen molar-refractivity contribution < 1.29 is 23.5 Å². The zero-order chi connectivity index (χ0) is 15.1. The van der Waals surface area contributed by atoms with Gasteiger partial charge in [-0.3, -0.25) is 9.69 Å². The fourth-order valence-electron chi connectivity index (χ4n) is 2.77. The van der Waals surface area contributed by atoms with Gasteiger partial charge in [-0.25, -0.2) is 13.6 Å². The van der Waals surface area contributed by atoms with Crippen LogP contribution < -0.4 is 0 Å². The molecule has 2 heterocycles. The molecule has 0 radical (unpaired) electrons. The Balaban J connectivity index is 2.02. The lowest BCUT2D eigenvalue weighted by molar-refractivity contribution is 0.0846. The summed E-state index contributed by atoms with van der Waals surface area (Å²) in [6, 6.07) is 1.16. The van der Waals surface area contributed by atoms with E-state index in [0.717, 1.165) is 17.0 Å². The van der Waals surface area contributed by atoms with E-state index in [2.05, 4.69) is 4.98 Å². The number of fused-ring (bicyclic) bond motifs is 1. The highest BCUT2D eigenvalue weighted by Gasteiger charge is 2.35. The minimum atomic E-state index is -1.15. The molecule has 2 aromatic rings. The number of hydrogen-bond donors (Lipinski definition) is 2. The lowest BCUT2D eigenvalue weighted by Gasteiger charge is -2.19. The van der Waals surface area contributed by atoms with Crippen LogP contribution >= 0.6 is 0 Å².